The first kappa shape index (κ1) is 10.1. The number of carbonyl (C=O) groups is 1. The van der Waals surface area contributed by atoms with Crippen molar-refractivity contribution in [2.45, 2.75) is 0 Å². The van der Waals surface area contributed by atoms with Gasteiger partial charge in [0.05, 0.1) is 5.56 Å². The van der Waals surface area contributed by atoms with Crippen molar-refractivity contribution >= 4 is 16.3 Å². The van der Waals surface area contributed by atoms with Crippen molar-refractivity contribution in [1.29, 1.82) is 0 Å². The molecule has 0 fully saturated rings. The molecule has 0 aliphatic carbocycles. The van der Waals surface area contributed by atoms with Gasteiger partial charge >= 0.3 is 5.97 Å². The summed E-state index contributed by atoms with van der Waals surface area (Å²) in [6.45, 7) is 0. The SMILES string of the molecule is CS(C)(C)OC(=O)c1ccccc1. The van der Waals surface area contributed by atoms with E-state index < -0.39 is 10.3 Å². The lowest BCUT2D eigenvalue weighted by atomic mass is 10.2. The highest BCUT2D eigenvalue weighted by atomic mass is 32.3. The van der Waals surface area contributed by atoms with Gasteiger partial charge in [-0.05, 0) is 30.9 Å². The third kappa shape index (κ3) is 3.51. The number of rotatable bonds is 2. The Bertz CT molecular complexity index is 288. The third-order valence-corrected chi connectivity index (χ3v) is 1.99. The molecule has 0 aliphatic heterocycles. The van der Waals surface area contributed by atoms with Gasteiger partial charge in [0.2, 0.25) is 0 Å². The van der Waals surface area contributed by atoms with E-state index in [1.165, 1.54) is 0 Å². The van der Waals surface area contributed by atoms with Crippen LogP contribution in [0.5, 0.6) is 0 Å². The van der Waals surface area contributed by atoms with Crippen LogP contribution in [-0.4, -0.2) is 24.7 Å². The van der Waals surface area contributed by atoms with Gasteiger partial charge in [-0.3, -0.25) is 0 Å². The number of hydrogen-bond donors (Lipinski definition) is 0. The molecule has 1 rings (SSSR count). The molecule has 1 aromatic rings. The highest BCUT2D eigenvalue weighted by Crippen LogP contribution is 2.36. The van der Waals surface area contributed by atoms with E-state index in [4.69, 9.17) is 4.18 Å². The van der Waals surface area contributed by atoms with Gasteiger partial charge in [-0.15, -0.1) is 0 Å². The Hall–Kier alpha value is -0.960. The largest absolute Gasteiger partial charge is 0.413 e. The first-order valence-corrected chi connectivity index (χ1v) is 6.74. The molecule has 0 bridgehead atoms. The van der Waals surface area contributed by atoms with Crippen LogP contribution in [0.2, 0.25) is 0 Å². The van der Waals surface area contributed by atoms with Gasteiger partial charge in [0, 0.05) is 0 Å². The molecule has 0 saturated heterocycles. The lowest BCUT2D eigenvalue weighted by Crippen LogP contribution is -2.07. The Kier molecular flexibility index (Phi) is 2.98. The van der Waals surface area contributed by atoms with E-state index in [0.717, 1.165) is 0 Å². The molecular weight excluding hydrogens is 184 g/mol. The summed E-state index contributed by atoms with van der Waals surface area (Å²) in [7, 11) is -1.22. The molecule has 1 aromatic carbocycles. The van der Waals surface area contributed by atoms with E-state index in [9.17, 15) is 4.79 Å². The summed E-state index contributed by atoms with van der Waals surface area (Å²) in [5.74, 6) is -0.233. The summed E-state index contributed by atoms with van der Waals surface area (Å²) in [6, 6.07) is 9.05. The van der Waals surface area contributed by atoms with E-state index in [1.54, 1.807) is 12.1 Å². The van der Waals surface area contributed by atoms with Gasteiger partial charge in [0.15, 0.2) is 0 Å². The Morgan fingerprint density at radius 2 is 1.69 bits per heavy atom. The Morgan fingerprint density at radius 1 is 1.15 bits per heavy atom. The highest BCUT2D eigenvalue weighted by Gasteiger charge is 2.12. The van der Waals surface area contributed by atoms with Crippen molar-refractivity contribution in [2.75, 3.05) is 18.8 Å². The lowest BCUT2D eigenvalue weighted by molar-refractivity contribution is 0.0761. The number of carbonyl (C=O) groups excluding carboxylic acids is 1. The third-order valence-electron chi connectivity index (χ3n) is 1.34. The van der Waals surface area contributed by atoms with Crippen molar-refractivity contribution in [3.05, 3.63) is 35.9 Å². The van der Waals surface area contributed by atoms with Crippen molar-refractivity contribution in [3.8, 4) is 0 Å². The second-order valence-corrected chi connectivity index (χ2v) is 7.08. The zero-order chi connectivity index (χ0) is 9.90. The van der Waals surface area contributed by atoms with E-state index >= 15 is 0 Å². The molecule has 3 heteroatoms. The van der Waals surface area contributed by atoms with Crippen LogP contribution in [0.3, 0.4) is 0 Å². The van der Waals surface area contributed by atoms with Crippen LogP contribution in [0.1, 0.15) is 10.4 Å². The fraction of sp³-hybridized carbons (Fsp3) is 0.300. The summed E-state index contributed by atoms with van der Waals surface area (Å²) in [5.41, 5.74) is 0.616. The van der Waals surface area contributed by atoms with Crippen molar-refractivity contribution < 1.29 is 8.98 Å². The smallest absolute Gasteiger partial charge is 0.348 e. The van der Waals surface area contributed by atoms with Crippen LogP contribution < -0.4 is 0 Å². The predicted octanol–water partition coefficient (Wildman–Crippen LogP) is 2.45. The zero-order valence-electron chi connectivity index (χ0n) is 8.11. The summed E-state index contributed by atoms with van der Waals surface area (Å²) >= 11 is 0. The highest BCUT2D eigenvalue weighted by molar-refractivity contribution is 8.28. The molecule has 0 aromatic heterocycles. The molecule has 0 unspecified atom stereocenters. The Labute approximate surface area is 80.4 Å². The van der Waals surface area contributed by atoms with E-state index in [0.29, 0.717) is 5.56 Å². The lowest BCUT2D eigenvalue weighted by Gasteiger charge is -2.24. The fourth-order valence-corrected chi connectivity index (χ4v) is 1.40. The van der Waals surface area contributed by atoms with Crippen molar-refractivity contribution in [3.63, 3.8) is 0 Å². The molecule has 0 amide bonds. The molecule has 0 heterocycles. The average Bonchev–Trinajstić information content (AvgIpc) is 2.03. The number of benzene rings is 1. The molecule has 0 N–H and O–H groups in total. The van der Waals surface area contributed by atoms with Gasteiger partial charge in [0.25, 0.3) is 0 Å². The van der Waals surface area contributed by atoms with Crippen LogP contribution in [0.4, 0.5) is 0 Å². The molecule has 0 aliphatic rings. The maximum Gasteiger partial charge on any atom is 0.348 e. The fourth-order valence-electron chi connectivity index (χ4n) is 0.849. The van der Waals surface area contributed by atoms with Crippen molar-refractivity contribution in [2.24, 2.45) is 0 Å². The zero-order valence-corrected chi connectivity index (χ0v) is 8.93. The van der Waals surface area contributed by atoms with Crippen LogP contribution in [0.25, 0.3) is 0 Å². The second-order valence-electron chi connectivity index (χ2n) is 3.46. The summed E-state index contributed by atoms with van der Waals surface area (Å²) in [6.07, 6.45) is 5.82. The molecule has 2 nitrogen and oxygen atoms in total. The summed E-state index contributed by atoms with van der Waals surface area (Å²) in [4.78, 5) is 11.5. The van der Waals surface area contributed by atoms with Crippen LogP contribution in [-0.2, 0) is 4.18 Å². The van der Waals surface area contributed by atoms with Gasteiger partial charge in [-0.1, -0.05) is 28.5 Å². The van der Waals surface area contributed by atoms with Gasteiger partial charge < -0.3 is 4.18 Å². The molecule has 0 spiro atoms. The van der Waals surface area contributed by atoms with E-state index in [-0.39, 0.29) is 5.97 Å². The Balaban J connectivity index is 2.71. The minimum atomic E-state index is -1.22. The van der Waals surface area contributed by atoms with Crippen LogP contribution in [0.15, 0.2) is 30.3 Å². The van der Waals surface area contributed by atoms with Gasteiger partial charge in [-0.25, -0.2) is 4.79 Å². The quantitative estimate of drug-likeness (QED) is 0.729. The molecule has 0 saturated carbocycles. The normalized spacial score (nSPS) is 12.2. The maximum atomic E-state index is 11.5. The summed E-state index contributed by atoms with van der Waals surface area (Å²) < 4.78 is 5.27. The maximum absolute atomic E-state index is 11.5. The topological polar surface area (TPSA) is 26.3 Å². The average molecular weight is 198 g/mol. The summed E-state index contributed by atoms with van der Waals surface area (Å²) in [5, 5.41) is 0. The molecule has 0 radical (unpaired) electrons. The predicted molar refractivity (Wildman–Crippen MR) is 57.2 cm³/mol. The molecule has 0 atom stereocenters. The van der Waals surface area contributed by atoms with E-state index in [1.807, 2.05) is 37.0 Å². The number of hydrogen-bond acceptors (Lipinski definition) is 2. The molecule has 13 heavy (non-hydrogen) atoms. The molecular formula is C10H14O2S. The van der Waals surface area contributed by atoms with E-state index in [2.05, 4.69) is 0 Å². The van der Waals surface area contributed by atoms with Gasteiger partial charge in [-0.2, -0.15) is 0 Å². The second kappa shape index (κ2) is 3.83. The van der Waals surface area contributed by atoms with Gasteiger partial charge in [0.1, 0.15) is 0 Å². The van der Waals surface area contributed by atoms with Crippen LogP contribution in [0, 0.1) is 0 Å². The standard InChI is InChI=1S/C10H14O2S/c1-13(2,3)12-10(11)9-7-5-4-6-8-9/h4-8H,1-3H3. The monoisotopic (exact) mass is 198 g/mol. The first-order chi connectivity index (χ1) is 5.99. The molecule has 72 valence electrons. The first-order valence-electron chi connectivity index (χ1n) is 3.96. The minimum Gasteiger partial charge on any atom is -0.413 e. The van der Waals surface area contributed by atoms with Crippen molar-refractivity contribution in [1.82, 2.24) is 0 Å². The van der Waals surface area contributed by atoms with Crippen LogP contribution >= 0.6 is 10.3 Å². The minimum absolute atomic E-state index is 0.233. The Morgan fingerprint density at radius 3 is 2.15 bits per heavy atom.